The minimum absolute atomic E-state index is 0.0150. The van der Waals surface area contributed by atoms with Crippen molar-refractivity contribution in [2.24, 2.45) is 5.92 Å². The van der Waals surface area contributed by atoms with Crippen molar-refractivity contribution in [1.29, 1.82) is 0 Å². The predicted octanol–water partition coefficient (Wildman–Crippen LogP) is 3.08. The first-order valence-electron chi connectivity index (χ1n) is 7.44. The topological polar surface area (TPSA) is 45.2 Å². The highest BCUT2D eigenvalue weighted by Gasteiger charge is 2.26. The number of piperidine rings is 1. The Kier molecular flexibility index (Phi) is 4.32. The van der Waals surface area contributed by atoms with E-state index in [2.05, 4.69) is 10.3 Å². The van der Waals surface area contributed by atoms with Crippen LogP contribution in [0.2, 0.25) is 0 Å². The highest BCUT2D eigenvalue weighted by molar-refractivity contribution is 5.92. The van der Waals surface area contributed by atoms with Crippen LogP contribution in [0.1, 0.15) is 12.8 Å². The summed E-state index contributed by atoms with van der Waals surface area (Å²) in [6, 6.07) is 10.4. The van der Waals surface area contributed by atoms with Gasteiger partial charge in [-0.25, -0.2) is 4.39 Å². The minimum Gasteiger partial charge on any atom is -0.369 e. The summed E-state index contributed by atoms with van der Waals surface area (Å²) in [7, 11) is 0. The zero-order chi connectivity index (χ0) is 15.4. The van der Waals surface area contributed by atoms with Crippen molar-refractivity contribution >= 4 is 17.3 Å². The van der Waals surface area contributed by atoms with Crippen molar-refractivity contribution in [2.75, 3.05) is 23.3 Å². The molecule has 0 unspecified atom stereocenters. The van der Waals surface area contributed by atoms with E-state index in [1.165, 1.54) is 6.07 Å². The van der Waals surface area contributed by atoms with Gasteiger partial charge in [-0.1, -0.05) is 12.1 Å². The molecule has 1 aromatic carbocycles. The van der Waals surface area contributed by atoms with Crippen LogP contribution in [0.4, 0.5) is 15.8 Å². The summed E-state index contributed by atoms with van der Waals surface area (Å²) in [6.45, 7) is 1.37. The maximum atomic E-state index is 13.8. The van der Waals surface area contributed by atoms with Crippen LogP contribution in [0.25, 0.3) is 0 Å². The molecule has 0 atom stereocenters. The first-order valence-corrected chi connectivity index (χ1v) is 7.44. The third-order valence-corrected chi connectivity index (χ3v) is 3.99. The van der Waals surface area contributed by atoms with Crippen LogP contribution >= 0.6 is 0 Å². The van der Waals surface area contributed by atoms with Gasteiger partial charge in [0, 0.05) is 25.2 Å². The molecule has 2 aromatic rings. The average Bonchev–Trinajstić information content (AvgIpc) is 2.56. The van der Waals surface area contributed by atoms with Gasteiger partial charge in [0.2, 0.25) is 5.91 Å². The minimum atomic E-state index is -0.208. The monoisotopic (exact) mass is 299 g/mol. The molecule has 5 heteroatoms. The molecule has 1 saturated heterocycles. The smallest absolute Gasteiger partial charge is 0.227 e. The van der Waals surface area contributed by atoms with E-state index in [4.69, 9.17) is 0 Å². The quantitative estimate of drug-likeness (QED) is 0.947. The first kappa shape index (κ1) is 14.5. The third kappa shape index (κ3) is 3.24. The van der Waals surface area contributed by atoms with E-state index in [0.717, 1.165) is 12.8 Å². The molecule has 1 aromatic heterocycles. The normalized spacial score (nSPS) is 15.6. The molecule has 2 heterocycles. The number of hydrogen-bond acceptors (Lipinski definition) is 3. The predicted molar refractivity (Wildman–Crippen MR) is 84.2 cm³/mol. The number of aromatic nitrogens is 1. The molecule has 1 amide bonds. The molecule has 0 radical (unpaired) electrons. The number of benzene rings is 1. The lowest BCUT2D eigenvalue weighted by Gasteiger charge is -2.33. The number of amides is 1. The van der Waals surface area contributed by atoms with Gasteiger partial charge in [-0.15, -0.1) is 0 Å². The van der Waals surface area contributed by atoms with Crippen LogP contribution < -0.4 is 10.2 Å². The Morgan fingerprint density at radius 3 is 2.64 bits per heavy atom. The average molecular weight is 299 g/mol. The Morgan fingerprint density at radius 1 is 1.18 bits per heavy atom. The van der Waals surface area contributed by atoms with E-state index in [1.54, 1.807) is 30.6 Å². The second-order valence-electron chi connectivity index (χ2n) is 5.44. The number of pyridine rings is 1. The SMILES string of the molecule is O=C(Nc1cccnc1)C1CCN(c2ccccc2F)CC1. The Morgan fingerprint density at radius 2 is 1.95 bits per heavy atom. The van der Waals surface area contributed by atoms with Gasteiger partial charge in [0.25, 0.3) is 0 Å². The number of hydrogen-bond donors (Lipinski definition) is 1. The highest BCUT2D eigenvalue weighted by Crippen LogP contribution is 2.26. The van der Waals surface area contributed by atoms with E-state index >= 15 is 0 Å². The number of anilines is 2. The number of rotatable bonds is 3. The number of nitrogens with one attached hydrogen (secondary N) is 1. The fourth-order valence-corrected chi connectivity index (χ4v) is 2.77. The van der Waals surface area contributed by atoms with Gasteiger partial charge in [0.15, 0.2) is 0 Å². The molecule has 0 spiro atoms. The van der Waals surface area contributed by atoms with Gasteiger partial charge < -0.3 is 10.2 Å². The molecule has 0 saturated carbocycles. The molecule has 0 aliphatic carbocycles. The van der Waals surface area contributed by atoms with Crippen molar-refractivity contribution in [3.63, 3.8) is 0 Å². The van der Waals surface area contributed by atoms with Crippen LogP contribution in [0, 0.1) is 11.7 Å². The Bertz CT molecular complexity index is 639. The number of carbonyl (C=O) groups excluding carboxylic acids is 1. The van der Waals surface area contributed by atoms with Crippen molar-refractivity contribution < 1.29 is 9.18 Å². The van der Waals surface area contributed by atoms with Crippen LogP contribution in [0.3, 0.4) is 0 Å². The van der Waals surface area contributed by atoms with Crippen LogP contribution in [0.5, 0.6) is 0 Å². The molecular weight excluding hydrogens is 281 g/mol. The lowest BCUT2D eigenvalue weighted by molar-refractivity contribution is -0.120. The maximum absolute atomic E-state index is 13.8. The van der Waals surface area contributed by atoms with Crippen molar-refractivity contribution in [1.82, 2.24) is 4.98 Å². The zero-order valence-corrected chi connectivity index (χ0v) is 12.2. The highest BCUT2D eigenvalue weighted by atomic mass is 19.1. The lowest BCUT2D eigenvalue weighted by Crippen LogP contribution is -2.38. The largest absolute Gasteiger partial charge is 0.369 e. The molecule has 1 aliphatic rings. The van der Waals surface area contributed by atoms with Crippen molar-refractivity contribution in [3.8, 4) is 0 Å². The molecule has 114 valence electrons. The van der Waals surface area contributed by atoms with E-state index in [9.17, 15) is 9.18 Å². The molecule has 1 fully saturated rings. The third-order valence-electron chi connectivity index (χ3n) is 3.99. The number of halogens is 1. The summed E-state index contributed by atoms with van der Waals surface area (Å²) in [4.78, 5) is 18.2. The Balaban J connectivity index is 1.58. The standard InChI is InChI=1S/C17H18FN3O/c18-15-5-1-2-6-16(15)21-10-7-13(8-11-21)17(22)20-14-4-3-9-19-12-14/h1-6,9,12-13H,7-8,10-11H2,(H,20,22). The van der Waals surface area contributed by atoms with E-state index in [-0.39, 0.29) is 17.6 Å². The van der Waals surface area contributed by atoms with Crippen LogP contribution in [-0.4, -0.2) is 24.0 Å². The van der Waals surface area contributed by atoms with Gasteiger partial charge in [-0.3, -0.25) is 9.78 Å². The van der Waals surface area contributed by atoms with Gasteiger partial charge in [-0.05, 0) is 37.1 Å². The van der Waals surface area contributed by atoms with E-state index < -0.39 is 0 Å². The molecule has 22 heavy (non-hydrogen) atoms. The Labute approximate surface area is 129 Å². The Hall–Kier alpha value is -2.43. The van der Waals surface area contributed by atoms with Gasteiger partial charge in [0.05, 0.1) is 17.6 Å². The van der Waals surface area contributed by atoms with Crippen molar-refractivity contribution in [3.05, 3.63) is 54.6 Å². The van der Waals surface area contributed by atoms with Crippen molar-refractivity contribution in [2.45, 2.75) is 12.8 Å². The molecule has 1 aliphatic heterocycles. The number of carbonyl (C=O) groups is 1. The van der Waals surface area contributed by atoms with Gasteiger partial charge in [-0.2, -0.15) is 0 Å². The lowest BCUT2D eigenvalue weighted by atomic mass is 9.95. The zero-order valence-electron chi connectivity index (χ0n) is 12.2. The summed E-state index contributed by atoms with van der Waals surface area (Å²) in [5.74, 6) is -0.231. The first-order chi connectivity index (χ1) is 10.7. The molecule has 0 bridgehead atoms. The fraction of sp³-hybridized carbons (Fsp3) is 0.294. The molecule has 1 N–H and O–H groups in total. The second kappa shape index (κ2) is 6.56. The summed E-state index contributed by atoms with van der Waals surface area (Å²) < 4.78 is 13.8. The number of nitrogens with zero attached hydrogens (tertiary/aromatic N) is 2. The molecular formula is C17H18FN3O. The fourth-order valence-electron chi connectivity index (χ4n) is 2.77. The summed E-state index contributed by atoms with van der Waals surface area (Å²) >= 11 is 0. The van der Waals surface area contributed by atoms with E-state index in [1.807, 2.05) is 17.0 Å². The van der Waals surface area contributed by atoms with Gasteiger partial charge in [0.1, 0.15) is 5.82 Å². The van der Waals surface area contributed by atoms with E-state index in [0.29, 0.717) is 24.5 Å². The van der Waals surface area contributed by atoms with Crippen LogP contribution in [-0.2, 0) is 4.79 Å². The molecule has 3 rings (SSSR count). The number of para-hydroxylation sites is 1. The maximum Gasteiger partial charge on any atom is 0.227 e. The summed E-state index contributed by atoms with van der Waals surface area (Å²) in [5.41, 5.74) is 1.33. The summed E-state index contributed by atoms with van der Waals surface area (Å²) in [5, 5.41) is 2.88. The van der Waals surface area contributed by atoms with Crippen LogP contribution in [0.15, 0.2) is 48.8 Å². The molecule has 4 nitrogen and oxygen atoms in total. The van der Waals surface area contributed by atoms with Gasteiger partial charge >= 0.3 is 0 Å². The second-order valence-corrected chi connectivity index (χ2v) is 5.44. The summed E-state index contributed by atoms with van der Waals surface area (Å²) in [6.07, 6.45) is 4.75.